The lowest BCUT2D eigenvalue weighted by Gasteiger charge is -2.27. The maximum atomic E-state index is 13.8. The van der Waals surface area contributed by atoms with E-state index in [4.69, 9.17) is 9.94 Å². The van der Waals surface area contributed by atoms with Crippen molar-refractivity contribution in [3.63, 3.8) is 0 Å². The zero-order chi connectivity index (χ0) is 33.3. The molecule has 0 spiro atoms. The van der Waals surface area contributed by atoms with Gasteiger partial charge in [-0.1, -0.05) is 42.5 Å². The minimum Gasteiger partial charge on any atom is -0.343 e. The number of fused-ring (bicyclic) bond motifs is 1. The van der Waals surface area contributed by atoms with Crippen LogP contribution in [0.5, 0.6) is 0 Å². The molecule has 0 unspecified atom stereocenters. The molecule has 0 bridgehead atoms. The third-order valence-corrected chi connectivity index (χ3v) is 9.62. The quantitative estimate of drug-likeness (QED) is 0.153. The Morgan fingerprint density at radius 3 is 2.40 bits per heavy atom. The molecular formula is C36H38FN5O4S. The Balaban J connectivity index is 1.51. The fraction of sp³-hybridized carbons (Fsp3) is 0.278. The van der Waals surface area contributed by atoms with Gasteiger partial charge in [0, 0.05) is 35.8 Å². The van der Waals surface area contributed by atoms with Crippen molar-refractivity contribution >= 4 is 27.1 Å². The zero-order valence-corrected chi connectivity index (χ0v) is 27.6. The Morgan fingerprint density at radius 1 is 1.02 bits per heavy atom. The van der Waals surface area contributed by atoms with Crippen LogP contribution in [0.1, 0.15) is 48.2 Å². The first-order valence-corrected chi connectivity index (χ1v) is 17.4. The second kappa shape index (κ2) is 12.9. The van der Waals surface area contributed by atoms with Crippen molar-refractivity contribution in [1.82, 2.24) is 20.4 Å². The number of rotatable bonds is 12. The molecule has 0 radical (unpaired) electrons. The van der Waals surface area contributed by atoms with Gasteiger partial charge in [0.25, 0.3) is 5.91 Å². The number of benzene rings is 3. The number of hydrogen-bond acceptors (Lipinski definition) is 6. The number of hydrogen-bond donors (Lipinski definition) is 2. The van der Waals surface area contributed by atoms with Gasteiger partial charge in [-0.25, -0.2) is 22.8 Å². The molecule has 1 aliphatic carbocycles. The first kappa shape index (κ1) is 32.4. The smallest absolute Gasteiger partial charge is 0.251 e. The Bertz CT molecular complexity index is 2020. The number of amides is 1. The first-order valence-electron chi connectivity index (χ1n) is 15.5. The van der Waals surface area contributed by atoms with Gasteiger partial charge in [-0.05, 0) is 86.2 Å². The van der Waals surface area contributed by atoms with Crippen LogP contribution in [-0.2, 0) is 27.0 Å². The highest BCUT2D eigenvalue weighted by atomic mass is 32.2. The van der Waals surface area contributed by atoms with E-state index in [1.165, 1.54) is 22.7 Å². The number of pyridine rings is 1. The van der Waals surface area contributed by atoms with Crippen LogP contribution >= 0.6 is 0 Å². The van der Waals surface area contributed by atoms with E-state index in [1.807, 2.05) is 56.3 Å². The van der Waals surface area contributed by atoms with Crippen molar-refractivity contribution in [2.24, 2.45) is 5.92 Å². The second-order valence-electron chi connectivity index (χ2n) is 12.5. The number of hydroxylamine groups is 1. The summed E-state index contributed by atoms with van der Waals surface area (Å²) in [5.41, 5.74) is 7.88. The molecule has 2 heterocycles. The lowest BCUT2D eigenvalue weighted by Crippen LogP contribution is -2.40. The summed E-state index contributed by atoms with van der Waals surface area (Å²) in [6.45, 7) is 4.38. The van der Waals surface area contributed by atoms with Crippen LogP contribution in [0.25, 0.3) is 27.9 Å². The Labute approximate surface area is 274 Å². The molecule has 47 heavy (non-hydrogen) atoms. The minimum absolute atomic E-state index is 0.139. The van der Waals surface area contributed by atoms with Crippen LogP contribution in [0.4, 0.5) is 10.1 Å². The topological polar surface area (TPSA) is 105 Å². The van der Waals surface area contributed by atoms with Gasteiger partial charge in [-0.2, -0.15) is 5.10 Å². The zero-order valence-electron chi connectivity index (χ0n) is 26.8. The summed E-state index contributed by atoms with van der Waals surface area (Å²) in [7, 11) is -2.03. The number of nitrogens with zero attached hydrogens (tertiary/aromatic N) is 3. The van der Waals surface area contributed by atoms with Gasteiger partial charge in [0.15, 0.2) is 0 Å². The predicted octanol–water partition coefficient (Wildman–Crippen LogP) is 6.30. The molecule has 2 aromatic heterocycles. The van der Waals surface area contributed by atoms with Crippen LogP contribution in [0.15, 0.2) is 91.1 Å². The van der Waals surface area contributed by atoms with Gasteiger partial charge in [0.2, 0.25) is 10.0 Å². The molecule has 0 saturated heterocycles. The van der Waals surface area contributed by atoms with Crippen LogP contribution < -0.4 is 15.1 Å². The molecule has 1 saturated carbocycles. The minimum atomic E-state index is -3.69. The lowest BCUT2D eigenvalue weighted by molar-refractivity contribution is 0.0453. The van der Waals surface area contributed by atoms with Crippen molar-refractivity contribution in [2.45, 2.75) is 38.8 Å². The highest BCUT2D eigenvalue weighted by Crippen LogP contribution is 2.40. The summed E-state index contributed by atoms with van der Waals surface area (Å²) in [5, 5.41) is 7.98. The molecule has 1 fully saturated rings. The molecule has 3 aromatic carbocycles. The highest BCUT2D eigenvalue weighted by molar-refractivity contribution is 7.92. The van der Waals surface area contributed by atoms with E-state index in [0.717, 1.165) is 24.0 Å². The standard InChI is InChI=1S/C36H38FN5O4S/c1-36(2,28-11-6-5-7-12-28)39-35(43)27-10-8-9-26(19-27)30-20-32-31(23-46-38-3)34(25-15-17-29(37)18-16-25)40-41(32)22-33(30)42(47(4,44)45)21-24-13-14-24/h5-12,15-20,22,24,38H,13-14,21,23H2,1-4H3,(H,39,43). The number of aromatic nitrogens is 2. The van der Waals surface area contributed by atoms with Crippen LogP contribution in [0.3, 0.4) is 0 Å². The summed E-state index contributed by atoms with van der Waals surface area (Å²) in [6.07, 6.45) is 4.84. The summed E-state index contributed by atoms with van der Waals surface area (Å²) >= 11 is 0. The highest BCUT2D eigenvalue weighted by Gasteiger charge is 2.32. The lowest BCUT2D eigenvalue weighted by atomic mass is 9.93. The molecule has 1 aliphatic rings. The third-order valence-electron chi connectivity index (χ3n) is 8.48. The number of halogens is 1. The van der Waals surface area contributed by atoms with Crippen molar-refractivity contribution in [3.8, 4) is 22.4 Å². The Hall–Kier alpha value is -4.58. The van der Waals surface area contributed by atoms with Crippen LogP contribution in [0.2, 0.25) is 0 Å². The molecule has 9 nitrogen and oxygen atoms in total. The monoisotopic (exact) mass is 655 g/mol. The fourth-order valence-electron chi connectivity index (χ4n) is 5.74. The molecule has 0 atom stereocenters. The largest absolute Gasteiger partial charge is 0.343 e. The molecule has 5 aromatic rings. The number of nitrogens with one attached hydrogen (secondary N) is 2. The normalized spacial score (nSPS) is 13.6. The molecule has 2 N–H and O–H groups in total. The predicted molar refractivity (Wildman–Crippen MR) is 182 cm³/mol. The summed E-state index contributed by atoms with van der Waals surface area (Å²) in [5.74, 6) is -0.361. The van der Waals surface area contributed by atoms with Crippen LogP contribution in [-0.4, -0.2) is 43.8 Å². The van der Waals surface area contributed by atoms with Gasteiger partial charge in [-0.3, -0.25) is 13.9 Å². The average molecular weight is 656 g/mol. The number of anilines is 1. The van der Waals surface area contributed by atoms with E-state index in [-0.39, 0.29) is 24.2 Å². The average Bonchev–Trinajstić information content (AvgIpc) is 3.81. The van der Waals surface area contributed by atoms with Crippen molar-refractivity contribution in [1.29, 1.82) is 0 Å². The van der Waals surface area contributed by atoms with E-state index in [0.29, 0.717) is 45.7 Å². The number of carbonyl (C=O) groups excluding carboxylic acids is 1. The molecule has 1 amide bonds. The van der Waals surface area contributed by atoms with Crippen molar-refractivity contribution < 1.29 is 22.4 Å². The molecular weight excluding hydrogens is 617 g/mol. The van der Waals surface area contributed by atoms with Gasteiger partial charge >= 0.3 is 0 Å². The maximum absolute atomic E-state index is 13.8. The van der Waals surface area contributed by atoms with E-state index >= 15 is 0 Å². The molecule has 11 heteroatoms. The summed E-state index contributed by atoms with van der Waals surface area (Å²) in [4.78, 5) is 19.2. The van der Waals surface area contributed by atoms with E-state index in [2.05, 4.69) is 10.8 Å². The summed E-state index contributed by atoms with van der Waals surface area (Å²) < 4.78 is 43.5. The Morgan fingerprint density at radius 2 is 1.74 bits per heavy atom. The second-order valence-corrected chi connectivity index (χ2v) is 14.4. The Kier molecular flexibility index (Phi) is 8.88. The van der Waals surface area contributed by atoms with Gasteiger partial charge in [-0.15, -0.1) is 0 Å². The van der Waals surface area contributed by atoms with E-state index < -0.39 is 15.6 Å². The van der Waals surface area contributed by atoms with E-state index in [1.54, 1.807) is 48.1 Å². The fourth-order valence-corrected chi connectivity index (χ4v) is 6.73. The van der Waals surface area contributed by atoms with Gasteiger partial charge in [0.1, 0.15) is 5.82 Å². The SMILES string of the molecule is CNOCc1c(-c2ccc(F)cc2)nn2cc(N(CC3CC3)S(C)(=O)=O)c(-c3cccc(C(=O)NC(C)(C)c4ccccc4)c3)cc12. The molecule has 244 valence electrons. The molecule has 6 rings (SSSR count). The van der Waals surface area contributed by atoms with Crippen molar-refractivity contribution in [2.75, 3.05) is 24.2 Å². The first-order chi connectivity index (χ1) is 22.4. The summed E-state index contributed by atoms with van der Waals surface area (Å²) in [6, 6.07) is 24.9. The number of carbonyl (C=O) groups is 1. The van der Waals surface area contributed by atoms with Crippen LogP contribution in [0, 0.1) is 11.7 Å². The van der Waals surface area contributed by atoms with E-state index in [9.17, 15) is 17.6 Å². The maximum Gasteiger partial charge on any atom is 0.251 e. The number of sulfonamides is 1. The van der Waals surface area contributed by atoms with Gasteiger partial charge < -0.3 is 5.32 Å². The molecule has 0 aliphatic heterocycles. The van der Waals surface area contributed by atoms with Gasteiger partial charge in [0.05, 0.1) is 41.5 Å². The third kappa shape index (κ3) is 7.07. The van der Waals surface area contributed by atoms with Crippen molar-refractivity contribution in [3.05, 3.63) is 114 Å².